The third kappa shape index (κ3) is 1.64. The van der Waals surface area contributed by atoms with Crippen LogP contribution in [0.2, 0.25) is 0 Å². The van der Waals surface area contributed by atoms with Crippen molar-refractivity contribution in [1.82, 2.24) is 4.98 Å². The van der Waals surface area contributed by atoms with Crippen LogP contribution in [0.5, 0.6) is 0 Å². The van der Waals surface area contributed by atoms with Crippen molar-refractivity contribution < 1.29 is 9.52 Å². The normalized spacial score (nSPS) is 13.1. The molecule has 0 aliphatic heterocycles. The SMILES string of the molecule is OC(c1ccc2[nH]ccc2c1)c1coc2ccccc12. The molecular weight excluding hydrogens is 250 g/mol. The van der Waals surface area contributed by atoms with Crippen LogP contribution in [0.25, 0.3) is 21.9 Å². The van der Waals surface area contributed by atoms with Crippen LogP contribution in [0, 0.1) is 0 Å². The minimum Gasteiger partial charge on any atom is -0.464 e. The Kier molecular flexibility index (Phi) is 2.41. The molecule has 2 aromatic carbocycles. The number of aliphatic hydroxyl groups is 1. The Bertz CT molecular complexity index is 888. The van der Waals surface area contributed by atoms with Crippen LogP contribution in [0.1, 0.15) is 17.2 Å². The van der Waals surface area contributed by atoms with E-state index in [9.17, 15) is 5.11 Å². The molecule has 3 nitrogen and oxygen atoms in total. The second-order valence-corrected chi connectivity index (χ2v) is 4.91. The first-order chi connectivity index (χ1) is 9.83. The zero-order valence-electron chi connectivity index (χ0n) is 10.7. The minimum atomic E-state index is -0.682. The number of benzene rings is 2. The van der Waals surface area contributed by atoms with Crippen LogP contribution in [0.3, 0.4) is 0 Å². The number of hydrogen-bond donors (Lipinski definition) is 2. The Morgan fingerprint density at radius 3 is 2.90 bits per heavy atom. The monoisotopic (exact) mass is 263 g/mol. The highest BCUT2D eigenvalue weighted by atomic mass is 16.3. The highest BCUT2D eigenvalue weighted by Gasteiger charge is 2.16. The summed E-state index contributed by atoms with van der Waals surface area (Å²) in [6.45, 7) is 0. The van der Waals surface area contributed by atoms with E-state index in [0.717, 1.165) is 33.0 Å². The van der Waals surface area contributed by atoms with Crippen molar-refractivity contribution >= 4 is 21.9 Å². The van der Waals surface area contributed by atoms with Gasteiger partial charge in [0.05, 0.1) is 6.26 Å². The largest absolute Gasteiger partial charge is 0.464 e. The lowest BCUT2D eigenvalue weighted by atomic mass is 10.00. The Balaban J connectivity index is 1.84. The first-order valence-electron chi connectivity index (χ1n) is 6.54. The summed E-state index contributed by atoms with van der Waals surface area (Å²) >= 11 is 0. The van der Waals surface area contributed by atoms with E-state index < -0.39 is 6.10 Å². The van der Waals surface area contributed by atoms with Crippen molar-refractivity contribution in [3.8, 4) is 0 Å². The maximum atomic E-state index is 10.6. The summed E-state index contributed by atoms with van der Waals surface area (Å²) in [6.07, 6.45) is 2.85. The molecule has 3 heteroatoms. The Morgan fingerprint density at radius 2 is 1.95 bits per heavy atom. The predicted octanol–water partition coefficient (Wildman–Crippen LogP) is 4.00. The molecule has 0 amide bonds. The molecule has 0 saturated heterocycles. The molecule has 0 aliphatic carbocycles. The first kappa shape index (κ1) is 11.3. The second kappa shape index (κ2) is 4.25. The number of aromatic nitrogens is 1. The first-order valence-corrected chi connectivity index (χ1v) is 6.54. The molecule has 2 N–H and O–H groups in total. The summed E-state index contributed by atoms with van der Waals surface area (Å²) in [5.74, 6) is 0. The van der Waals surface area contributed by atoms with E-state index in [2.05, 4.69) is 4.98 Å². The molecule has 20 heavy (non-hydrogen) atoms. The zero-order valence-corrected chi connectivity index (χ0v) is 10.7. The second-order valence-electron chi connectivity index (χ2n) is 4.91. The van der Waals surface area contributed by atoms with Crippen LogP contribution in [-0.2, 0) is 0 Å². The summed E-state index contributed by atoms with van der Waals surface area (Å²) in [5, 5.41) is 12.7. The minimum absolute atomic E-state index is 0.682. The molecule has 2 heterocycles. The number of para-hydroxylation sites is 1. The van der Waals surface area contributed by atoms with Crippen molar-refractivity contribution in [2.24, 2.45) is 0 Å². The lowest BCUT2D eigenvalue weighted by Crippen LogP contribution is -1.98. The van der Waals surface area contributed by atoms with Gasteiger partial charge in [-0.2, -0.15) is 0 Å². The summed E-state index contributed by atoms with van der Waals surface area (Å²) in [5.41, 5.74) is 3.53. The molecule has 2 aromatic heterocycles. The van der Waals surface area contributed by atoms with Crippen LogP contribution < -0.4 is 0 Å². The molecule has 1 atom stereocenters. The molecule has 98 valence electrons. The van der Waals surface area contributed by atoms with Gasteiger partial charge in [0.2, 0.25) is 0 Å². The molecule has 1 unspecified atom stereocenters. The average molecular weight is 263 g/mol. The van der Waals surface area contributed by atoms with Gasteiger partial charge in [0.1, 0.15) is 11.7 Å². The fourth-order valence-electron chi connectivity index (χ4n) is 2.63. The number of fused-ring (bicyclic) bond motifs is 2. The van der Waals surface area contributed by atoms with Gasteiger partial charge in [0, 0.05) is 22.7 Å². The van der Waals surface area contributed by atoms with Crippen molar-refractivity contribution in [3.05, 3.63) is 72.1 Å². The van der Waals surface area contributed by atoms with Crippen LogP contribution in [0.4, 0.5) is 0 Å². The van der Waals surface area contributed by atoms with Crippen molar-refractivity contribution in [2.45, 2.75) is 6.10 Å². The summed E-state index contributed by atoms with van der Waals surface area (Å²) in [4.78, 5) is 3.15. The standard InChI is InChI=1S/C17H13NO2/c19-17(12-5-6-15-11(9-12)7-8-18-15)14-10-20-16-4-2-1-3-13(14)16/h1-10,17-19H. The van der Waals surface area contributed by atoms with Gasteiger partial charge < -0.3 is 14.5 Å². The predicted molar refractivity (Wildman–Crippen MR) is 78.6 cm³/mol. The van der Waals surface area contributed by atoms with Gasteiger partial charge >= 0.3 is 0 Å². The molecule has 4 aromatic rings. The maximum Gasteiger partial charge on any atom is 0.134 e. The number of nitrogens with one attached hydrogen (secondary N) is 1. The number of hydrogen-bond acceptors (Lipinski definition) is 2. The summed E-state index contributed by atoms with van der Waals surface area (Å²) in [6, 6.07) is 15.7. The number of aromatic amines is 1. The number of aliphatic hydroxyl groups excluding tert-OH is 1. The van der Waals surface area contributed by atoms with Crippen molar-refractivity contribution in [1.29, 1.82) is 0 Å². The van der Waals surface area contributed by atoms with Crippen molar-refractivity contribution in [3.63, 3.8) is 0 Å². The van der Waals surface area contributed by atoms with E-state index >= 15 is 0 Å². The van der Waals surface area contributed by atoms with E-state index in [1.54, 1.807) is 6.26 Å². The van der Waals surface area contributed by atoms with E-state index in [1.807, 2.05) is 54.7 Å². The van der Waals surface area contributed by atoms with Crippen molar-refractivity contribution in [2.75, 3.05) is 0 Å². The smallest absolute Gasteiger partial charge is 0.134 e. The maximum absolute atomic E-state index is 10.6. The van der Waals surface area contributed by atoms with E-state index in [1.165, 1.54) is 0 Å². The van der Waals surface area contributed by atoms with Gasteiger partial charge in [0.15, 0.2) is 0 Å². The number of furan rings is 1. The van der Waals surface area contributed by atoms with Gasteiger partial charge in [-0.05, 0) is 35.2 Å². The van der Waals surface area contributed by atoms with Gasteiger partial charge in [-0.1, -0.05) is 24.3 Å². The third-order valence-electron chi connectivity index (χ3n) is 3.70. The molecule has 0 radical (unpaired) electrons. The van der Waals surface area contributed by atoms with Gasteiger partial charge in [-0.3, -0.25) is 0 Å². The fraction of sp³-hybridized carbons (Fsp3) is 0.0588. The quantitative estimate of drug-likeness (QED) is 0.574. The number of rotatable bonds is 2. The van der Waals surface area contributed by atoms with Crippen LogP contribution >= 0.6 is 0 Å². The average Bonchev–Trinajstić information content (AvgIpc) is 3.12. The third-order valence-corrected chi connectivity index (χ3v) is 3.70. The molecule has 0 fully saturated rings. The lowest BCUT2D eigenvalue weighted by Gasteiger charge is -2.09. The van der Waals surface area contributed by atoms with Gasteiger partial charge in [0.25, 0.3) is 0 Å². The fourth-order valence-corrected chi connectivity index (χ4v) is 2.63. The highest BCUT2D eigenvalue weighted by molar-refractivity contribution is 5.83. The summed E-state index contributed by atoms with van der Waals surface area (Å²) in [7, 11) is 0. The molecule has 0 spiro atoms. The van der Waals surface area contributed by atoms with E-state index in [4.69, 9.17) is 4.42 Å². The highest BCUT2D eigenvalue weighted by Crippen LogP contribution is 2.31. The number of H-pyrrole nitrogens is 1. The molecule has 0 bridgehead atoms. The summed E-state index contributed by atoms with van der Waals surface area (Å²) < 4.78 is 5.50. The van der Waals surface area contributed by atoms with Gasteiger partial charge in [-0.25, -0.2) is 0 Å². The van der Waals surface area contributed by atoms with Gasteiger partial charge in [-0.15, -0.1) is 0 Å². The molecule has 0 aliphatic rings. The van der Waals surface area contributed by atoms with E-state index in [-0.39, 0.29) is 0 Å². The van der Waals surface area contributed by atoms with E-state index in [0.29, 0.717) is 0 Å². The zero-order chi connectivity index (χ0) is 13.5. The molecule has 4 rings (SSSR count). The Hall–Kier alpha value is -2.52. The topological polar surface area (TPSA) is 49.2 Å². The van der Waals surface area contributed by atoms with Crippen LogP contribution in [-0.4, -0.2) is 10.1 Å². The molecular formula is C17H13NO2. The Labute approximate surface area is 115 Å². The lowest BCUT2D eigenvalue weighted by molar-refractivity contribution is 0.220. The van der Waals surface area contributed by atoms with Crippen LogP contribution in [0.15, 0.2) is 65.4 Å². The molecule has 0 saturated carbocycles. The Morgan fingerprint density at radius 1 is 1.05 bits per heavy atom.